The standard InChI is InChI=1S/C31H30ClFN8O2.C6H3Cl3N2O/c1-6-25(42)39-11-12-40(18(4)15-39)28-20-13-21(32)27(19-9-7-8-10-22(19)33)36-29(20)41(31(43)37-28)24-14-23-30(38(5)16-34-23)35-26(24)17(2)3;7-3-1-2(6(10)12)4(8)11-5(3)9/h6-10,13-14,16-18H,1,11-12,15H2,2-5H3;1H,(H2,10,12)/t18-;/m0./s1. The molecule has 1 aromatic carbocycles. The Morgan fingerprint density at radius 3 is 2.36 bits per heavy atom. The number of piperazine rings is 1. The van der Waals surface area contributed by atoms with E-state index in [1.54, 1.807) is 41.6 Å². The van der Waals surface area contributed by atoms with Gasteiger partial charge in [-0.2, -0.15) is 4.98 Å². The first-order chi connectivity index (χ1) is 26.1. The third-order valence-electron chi connectivity index (χ3n) is 8.95. The molecule has 5 aromatic heterocycles. The van der Waals surface area contributed by atoms with Crippen molar-refractivity contribution in [2.75, 3.05) is 24.5 Å². The number of aryl methyl sites for hydroxylation is 1. The number of amides is 2. The number of benzene rings is 1. The molecule has 1 atom stereocenters. The van der Waals surface area contributed by atoms with Crippen molar-refractivity contribution in [1.82, 2.24) is 39.0 Å². The van der Waals surface area contributed by atoms with Crippen molar-refractivity contribution >= 4 is 86.2 Å². The monoisotopic (exact) mass is 824 g/mol. The number of fused-ring (bicyclic) bond motifs is 2. The molecule has 1 fully saturated rings. The number of nitrogens with two attached hydrogens (primary N) is 1. The van der Waals surface area contributed by atoms with Crippen molar-refractivity contribution in [1.29, 1.82) is 0 Å². The van der Waals surface area contributed by atoms with Gasteiger partial charge < -0.3 is 20.1 Å². The number of anilines is 1. The molecular formula is C37H33Cl4FN10O3. The van der Waals surface area contributed by atoms with Crippen LogP contribution in [0.4, 0.5) is 10.2 Å². The highest BCUT2D eigenvalue weighted by Gasteiger charge is 2.30. The lowest BCUT2D eigenvalue weighted by Gasteiger charge is -2.40. The van der Waals surface area contributed by atoms with Crippen LogP contribution in [0.2, 0.25) is 20.4 Å². The van der Waals surface area contributed by atoms with E-state index in [2.05, 4.69) is 21.5 Å². The lowest BCUT2D eigenvalue weighted by atomic mass is 10.1. The Morgan fingerprint density at radius 1 is 0.982 bits per heavy atom. The first-order valence-electron chi connectivity index (χ1n) is 16.8. The Labute approximate surface area is 334 Å². The van der Waals surface area contributed by atoms with E-state index >= 15 is 4.39 Å². The van der Waals surface area contributed by atoms with Gasteiger partial charge in [0, 0.05) is 38.3 Å². The topological polar surface area (TPSA) is 158 Å². The van der Waals surface area contributed by atoms with Crippen LogP contribution in [0.25, 0.3) is 39.1 Å². The van der Waals surface area contributed by atoms with Gasteiger partial charge in [0.15, 0.2) is 11.3 Å². The molecule has 0 radical (unpaired) electrons. The van der Waals surface area contributed by atoms with Gasteiger partial charge in [0.25, 0.3) is 5.91 Å². The van der Waals surface area contributed by atoms with Crippen LogP contribution in [-0.4, -0.2) is 76.4 Å². The number of halogens is 5. The van der Waals surface area contributed by atoms with E-state index in [9.17, 15) is 14.4 Å². The second-order valence-corrected chi connectivity index (χ2v) is 14.5. The SMILES string of the molecule is C=CC(=O)N1CCN(c2nc(=O)n(-c3cc4ncn(C)c4nc3C(C)C)c3nc(-c4ccccc4F)c(Cl)cc23)[C@@H](C)C1.NC(=O)c1cc(Cl)c(Cl)nc1Cl. The minimum atomic E-state index is -0.689. The van der Waals surface area contributed by atoms with Gasteiger partial charge in [0.2, 0.25) is 5.91 Å². The van der Waals surface area contributed by atoms with Gasteiger partial charge in [-0.15, -0.1) is 0 Å². The maximum Gasteiger partial charge on any atom is 0.355 e. The minimum Gasteiger partial charge on any atom is -0.366 e. The number of hydrogen-bond acceptors (Lipinski definition) is 9. The molecule has 7 rings (SSSR count). The Balaban J connectivity index is 0.000000367. The van der Waals surface area contributed by atoms with Crippen LogP contribution in [0.3, 0.4) is 0 Å². The summed E-state index contributed by atoms with van der Waals surface area (Å²) in [6.45, 7) is 10.8. The predicted molar refractivity (Wildman–Crippen MR) is 213 cm³/mol. The maximum absolute atomic E-state index is 15.0. The van der Waals surface area contributed by atoms with Crippen LogP contribution in [0, 0.1) is 5.82 Å². The molecule has 0 unspecified atom stereocenters. The number of nitrogens with zero attached hydrogens (tertiary/aromatic N) is 9. The average Bonchev–Trinajstić information content (AvgIpc) is 3.51. The fourth-order valence-electron chi connectivity index (χ4n) is 6.26. The number of carbonyl (C=O) groups is 2. The molecule has 0 bridgehead atoms. The zero-order chi connectivity index (χ0) is 39.9. The molecule has 2 amide bonds. The largest absolute Gasteiger partial charge is 0.366 e. The number of primary amides is 1. The number of rotatable bonds is 6. The van der Waals surface area contributed by atoms with E-state index in [0.717, 1.165) is 0 Å². The summed E-state index contributed by atoms with van der Waals surface area (Å²) in [5.74, 6) is -1.01. The van der Waals surface area contributed by atoms with Crippen LogP contribution in [0.15, 0.2) is 66.2 Å². The highest BCUT2D eigenvalue weighted by atomic mass is 35.5. The van der Waals surface area contributed by atoms with Crippen LogP contribution < -0.4 is 16.3 Å². The first kappa shape index (κ1) is 39.5. The lowest BCUT2D eigenvalue weighted by Crippen LogP contribution is -2.54. The molecule has 0 saturated carbocycles. The molecule has 2 N–H and O–H groups in total. The number of aromatic nitrogens is 7. The summed E-state index contributed by atoms with van der Waals surface area (Å²) >= 11 is 23.4. The normalized spacial score (nSPS) is 14.3. The maximum atomic E-state index is 15.0. The van der Waals surface area contributed by atoms with Crippen molar-refractivity contribution < 1.29 is 14.0 Å². The summed E-state index contributed by atoms with van der Waals surface area (Å²) in [5, 5.41) is 0.871. The van der Waals surface area contributed by atoms with Gasteiger partial charge >= 0.3 is 5.69 Å². The molecule has 1 saturated heterocycles. The number of hydrogen-bond donors (Lipinski definition) is 1. The fraction of sp³-hybridized carbons (Fsp3) is 0.243. The molecule has 1 aliphatic rings. The van der Waals surface area contributed by atoms with E-state index in [1.165, 1.54) is 22.8 Å². The summed E-state index contributed by atoms with van der Waals surface area (Å²) in [5.41, 5.74) is 7.54. The van der Waals surface area contributed by atoms with Gasteiger partial charge in [-0.1, -0.05) is 79.0 Å². The van der Waals surface area contributed by atoms with Crippen molar-refractivity contribution in [3.05, 3.63) is 109 Å². The number of imidazole rings is 1. The third kappa shape index (κ3) is 7.72. The predicted octanol–water partition coefficient (Wildman–Crippen LogP) is 7.01. The first-order valence-corrected chi connectivity index (χ1v) is 18.3. The van der Waals surface area contributed by atoms with E-state index in [4.69, 9.17) is 62.1 Å². The van der Waals surface area contributed by atoms with E-state index in [1.807, 2.05) is 37.3 Å². The van der Waals surface area contributed by atoms with Crippen LogP contribution in [-0.2, 0) is 11.8 Å². The van der Waals surface area contributed by atoms with Crippen molar-refractivity contribution in [3.8, 4) is 16.9 Å². The van der Waals surface area contributed by atoms with Crippen LogP contribution in [0.5, 0.6) is 0 Å². The number of pyridine rings is 3. The van der Waals surface area contributed by atoms with Gasteiger partial charge in [-0.25, -0.2) is 33.7 Å². The molecule has 0 spiro atoms. The Kier molecular flexibility index (Phi) is 11.4. The zero-order valence-corrected chi connectivity index (χ0v) is 32.9. The Hall–Kier alpha value is -5.15. The van der Waals surface area contributed by atoms with E-state index < -0.39 is 17.4 Å². The van der Waals surface area contributed by atoms with Gasteiger partial charge in [0.05, 0.1) is 44.4 Å². The smallest absolute Gasteiger partial charge is 0.355 e. The molecule has 0 aliphatic carbocycles. The average molecular weight is 827 g/mol. The van der Waals surface area contributed by atoms with Gasteiger partial charge in [-0.3, -0.25) is 9.59 Å². The quantitative estimate of drug-likeness (QED) is 0.138. The minimum absolute atomic E-state index is 0.0445. The summed E-state index contributed by atoms with van der Waals surface area (Å²) in [7, 11) is 1.86. The Bertz CT molecular complexity index is 2580. The second kappa shape index (κ2) is 15.9. The molecule has 6 heterocycles. The highest BCUT2D eigenvalue weighted by molar-refractivity contribution is 6.42. The van der Waals surface area contributed by atoms with Crippen LogP contribution >= 0.6 is 46.4 Å². The summed E-state index contributed by atoms with van der Waals surface area (Å²) in [6.07, 6.45) is 2.96. The lowest BCUT2D eigenvalue weighted by molar-refractivity contribution is -0.126. The van der Waals surface area contributed by atoms with Gasteiger partial charge in [-0.05, 0) is 49.2 Å². The molecule has 13 nitrogen and oxygen atoms in total. The Morgan fingerprint density at radius 2 is 1.71 bits per heavy atom. The third-order valence-corrected chi connectivity index (χ3v) is 10.2. The molecule has 6 aromatic rings. The van der Waals surface area contributed by atoms with Gasteiger partial charge in [0.1, 0.15) is 27.5 Å². The molecule has 55 heavy (non-hydrogen) atoms. The summed E-state index contributed by atoms with van der Waals surface area (Å²) in [4.78, 5) is 63.1. The van der Waals surface area contributed by atoms with Crippen molar-refractivity contribution in [2.45, 2.75) is 32.7 Å². The fourth-order valence-corrected chi connectivity index (χ4v) is 7.08. The summed E-state index contributed by atoms with van der Waals surface area (Å²) in [6, 6.07) is 10.8. The second-order valence-electron chi connectivity index (χ2n) is 13.0. The van der Waals surface area contributed by atoms with Crippen molar-refractivity contribution in [3.63, 3.8) is 0 Å². The molecule has 284 valence electrons. The molecule has 18 heteroatoms. The van der Waals surface area contributed by atoms with E-state index in [0.29, 0.717) is 53.4 Å². The van der Waals surface area contributed by atoms with E-state index in [-0.39, 0.29) is 60.7 Å². The summed E-state index contributed by atoms with van der Waals surface area (Å²) < 4.78 is 18.2. The van der Waals surface area contributed by atoms with Crippen LogP contribution in [0.1, 0.15) is 42.7 Å². The highest BCUT2D eigenvalue weighted by Crippen LogP contribution is 2.36. The molecular weight excluding hydrogens is 793 g/mol. The zero-order valence-electron chi connectivity index (χ0n) is 29.9. The molecule has 1 aliphatic heterocycles. The number of carbonyl (C=O) groups excluding carboxylic acids is 2. The van der Waals surface area contributed by atoms with Crippen molar-refractivity contribution in [2.24, 2.45) is 12.8 Å².